The predicted molar refractivity (Wildman–Crippen MR) is 54.2 cm³/mol. The minimum atomic E-state index is 0.259. The number of nitrogens with two attached hydrogens (primary N) is 1. The van der Waals surface area contributed by atoms with Crippen molar-refractivity contribution in [3.8, 4) is 0 Å². The van der Waals surface area contributed by atoms with Gasteiger partial charge in [-0.1, -0.05) is 11.6 Å². The molecule has 0 aromatic rings. The number of piperazine rings is 1. The van der Waals surface area contributed by atoms with Crippen LogP contribution in [-0.4, -0.2) is 53.2 Å². The van der Waals surface area contributed by atoms with Crippen LogP contribution in [0.25, 0.3) is 0 Å². The first kappa shape index (κ1) is 9.58. The first-order valence-corrected chi connectivity index (χ1v) is 5.28. The van der Waals surface area contributed by atoms with Gasteiger partial charge in [-0.2, -0.15) is 0 Å². The van der Waals surface area contributed by atoms with Crippen LogP contribution in [0.15, 0.2) is 5.16 Å². The SMILES string of the molecule is NC(=NO)N1CCN2CCCCC2C1. The summed E-state index contributed by atoms with van der Waals surface area (Å²) in [7, 11) is 0. The van der Waals surface area contributed by atoms with E-state index in [-0.39, 0.29) is 5.96 Å². The van der Waals surface area contributed by atoms with Gasteiger partial charge in [0.15, 0.2) is 0 Å². The topological polar surface area (TPSA) is 65.1 Å². The molecule has 2 rings (SSSR count). The fraction of sp³-hybridized carbons (Fsp3) is 0.889. The summed E-state index contributed by atoms with van der Waals surface area (Å²) in [6.07, 6.45) is 3.88. The van der Waals surface area contributed by atoms with E-state index in [1.807, 2.05) is 4.90 Å². The summed E-state index contributed by atoms with van der Waals surface area (Å²) >= 11 is 0. The number of nitrogens with zero attached hydrogens (tertiary/aromatic N) is 3. The van der Waals surface area contributed by atoms with Gasteiger partial charge >= 0.3 is 0 Å². The fourth-order valence-electron chi connectivity index (χ4n) is 2.43. The Morgan fingerprint density at radius 3 is 2.93 bits per heavy atom. The van der Waals surface area contributed by atoms with Crippen molar-refractivity contribution in [1.82, 2.24) is 9.80 Å². The van der Waals surface area contributed by atoms with Crippen LogP contribution in [0.3, 0.4) is 0 Å². The van der Waals surface area contributed by atoms with E-state index in [4.69, 9.17) is 10.9 Å². The van der Waals surface area contributed by atoms with E-state index in [0.29, 0.717) is 6.04 Å². The summed E-state index contributed by atoms with van der Waals surface area (Å²) in [4.78, 5) is 4.48. The molecular formula is C9H18N4O. The van der Waals surface area contributed by atoms with Crippen molar-refractivity contribution < 1.29 is 5.21 Å². The quantitative estimate of drug-likeness (QED) is 0.246. The normalized spacial score (nSPS) is 30.1. The second-order valence-electron chi connectivity index (χ2n) is 4.09. The minimum Gasteiger partial charge on any atom is -0.408 e. The average molecular weight is 198 g/mol. The largest absolute Gasteiger partial charge is 0.408 e. The number of rotatable bonds is 0. The van der Waals surface area contributed by atoms with Crippen LogP contribution in [0.5, 0.6) is 0 Å². The van der Waals surface area contributed by atoms with E-state index < -0.39 is 0 Å². The molecule has 2 heterocycles. The highest BCUT2D eigenvalue weighted by Crippen LogP contribution is 2.20. The first-order valence-electron chi connectivity index (χ1n) is 5.28. The molecule has 2 aliphatic heterocycles. The molecule has 0 bridgehead atoms. The Kier molecular flexibility index (Phi) is 2.77. The van der Waals surface area contributed by atoms with Crippen molar-refractivity contribution in [3.05, 3.63) is 0 Å². The maximum atomic E-state index is 8.59. The zero-order valence-corrected chi connectivity index (χ0v) is 8.39. The van der Waals surface area contributed by atoms with Gasteiger partial charge in [-0.25, -0.2) is 0 Å². The van der Waals surface area contributed by atoms with Crippen LogP contribution in [-0.2, 0) is 0 Å². The lowest BCUT2D eigenvalue weighted by Gasteiger charge is -2.44. The highest BCUT2D eigenvalue weighted by atomic mass is 16.4. The molecule has 1 unspecified atom stereocenters. The van der Waals surface area contributed by atoms with E-state index in [0.717, 1.165) is 19.6 Å². The van der Waals surface area contributed by atoms with Crippen LogP contribution in [0, 0.1) is 0 Å². The van der Waals surface area contributed by atoms with Gasteiger partial charge < -0.3 is 15.8 Å². The molecular weight excluding hydrogens is 180 g/mol. The van der Waals surface area contributed by atoms with E-state index in [1.165, 1.54) is 25.8 Å². The molecule has 0 saturated carbocycles. The number of hydrogen-bond acceptors (Lipinski definition) is 3. The molecule has 80 valence electrons. The lowest BCUT2D eigenvalue weighted by Crippen LogP contribution is -2.57. The summed E-state index contributed by atoms with van der Waals surface area (Å²) in [5.41, 5.74) is 5.58. The van der Waals surface area contributed by atoms with Gasteiger partial charge in [0.2, 0.25) is 5.96 Å². The molecule has 2 saturated heterocycles. The maximum Gasteiger partial charge on any atom is 0.233 e. The van der Waals surface area contributed by atoms with Crippen molar-refractivity contribution in [2.45, 2.75) is 25.3 Å². The zero-order valence-electron chi connectivity index (χ0n) is 8.39. The second kappa shape index (κ2) is 4.04. The second-order valence-corrected chi connectivity index (χ2v) is 4.09. The van der Waals surface area contributed by atoms with E-state index in [2.05, 4.69) is 10.1 Å². The van der Waals surface area contributed by atoms with Gasteiger partial charge in [0.1, 0.15) is 0 Å². The molecule has 14 heavy (non-hydrogen) atoms. The van der Waals surface area contributed by atoms with Crippen molar-refractivity contribution in [2.24, 2.45) is 10.9 Å². The van der Waals surface area contributed by atoms with E-state index >= 15 is 0 Å². The lowest BCUT2D eigenvalue weighted by atomic mass is 10.00. The summed E-state index contributed by atoms with van der Waals surface area (Å²) in [6.45, 7) is 4.05. The Labute approximate surface area is 84.2 Å². The average Bonchev–Trinajstić information content (AvgIpc) is 2.27. The van der Waals surface area contributed by atoms with E-state index in [9.17, 15) is 0 Å². The standard InChI is InChI=1S/C9H18N4O/c10-9(11-14)13-6-5-12-4-2-1-3-8(12)7-13/h8,14H,1-7H2,(H2,10,11). The lowest BCUT2D eigenvalue weighted by molar-refractivity contribution is 0.0780. The highest BCUT2D eigenvalue weighted by molar-refractivity contribution is 5.77. The Bertz CT molecular complexity index is 231. The van der Waals surface area contributed by atoms with Crippen LogP contribution >= 0.6 is 0 Å². The third-order valence-electron chi connectivity index (χ3n) is 3.26. The summed E-state index contributed by atoms with van der Waals surface area (Å²) in [5, 5.41) is 11.6. The Hall–Kier alpha value is -0.970. The smallest absolute Gasteiger partial charge is 0.233 e. The van der Waals surface area contributed by atoms with Gasteiger partial charge in [-0.3, -0.25) is 4.90 Å². The van der Waals surface area contributed by atoms with Crippen LogP contribution < -0.4 is 5.73 Å². The number of oxime groups is 1. The van der Waals surface area contributed by atoms with Crippen molar-refractivity contribution >= 4 is 5.96 Å². The molecule has 2 aliphatic rings. The van der Waals surface area contributed by atoms with Gasteiger partial charge in [0.05, 0.1) is 0 Å². The van der Waals surface area contributed by atoms with Gasteiger partial charge in [-0.15, -0.1) is 0 Å². The molecule has 0 amide bonds. The third kappa shape index (κ3) is 1.77. The summed E-state index contributed by atoms with van der Waals surface area (Å²) in [6, 6.07) is 0.609. The summed E-state index contributed by atoms with van der Waals surface area (Å²) in [5.74, 6) is 0.259. The first-order chi connectivity index (χ1) is 6.81. The Balaban J connectivity index is 1.95. The summed E-state index contributed by atoms with van der Waals surface area (Å²) < 4.78 is 0. The minimum absolute atomic E-state index is 0.259. The maximum absolute atomic E-state index is 8.59. The Morgan fingerprint density at radius 1 is 1.29 bits per heavy atom. The molecule has 3 N–H and O–H groups in total. The molecule has 5 heteroatoms. The van der Waals surface area contributed by atoms with Crippen LogP contribution in [0.2, 0.25) is 0 Å². The predicted octanol–water partition coefficient (Wildman–Crippen LogP) is -0.140. The van der Waals surface area contributed by atoms with Gasteiger partial charge in [0.25, 0.3) is 0 Å². The number of fused-ring (bicyclic) bond motifs is 1. The molecule has 0 spiro atoms. The van der Waals surface area contributed by atoms with Gasteiger partial charge in [0, 0.05) is 25.7 Å². The van der Waals surface area contributed by atoms with Crippen LogP contribution in [0.4, 0.5) is 0 Å². The molecule has 2 fully saturated rings. The number of guanidine groups is 1. The van der Waals surface area contributed by atoms with Crippen molar-refractivity contribution in [3.63, 3.8) is 0 Å². The van der Waals surface area contributed by atoms with Crippen molar-refractivity contribution in [2.75, 3.05) is 26.2 Å². The molecule has 0 aromatic heterocycles. The van der Waals surface area contributed by atoms with Gasteiger partial charge in [-0.05, 0) is 19.4 Å². The van der Waals surface area contributed by atoms with E-state index in [1.54, 1.807) is 0 Å². The number of piperidine rings is 1. The van der Waals surface area contributed by atoms with Crippen molar-refractivity contribution in [1.29, 1.82) is 0 Å². The molecule has 5 nitrogen and oxygen atoms in total. The number of hydrogen-bond donors (Lipinski definition) is 2. The molecule has 0 aromatic carbocycles. The molecule has 0 aliphatic carbocycles. The monoisotopic (exact) mass is 198 g/mol. The molecule has 1 atom stereocenters. The van der Waals surface area contributed by atoms with Crippen LogP contribution in [0.1, 0.15) is 19.3 Å². The highest BCUT2D eigenvalue weighted by Gasteiger charge is 2.29. The molecule has 0 radical (unpaired) electrons. The third-order valence-corrected chi connectivity index (χ3v) is 3.26. The Morgan fingerprint density at radius 2 is 2.14 bits per heavy atom. The zero-order chi connectivity index (χ0) is 9.97. The fourth-order valence-corrected chi connectivity index (χ4v) is 2.43.